The lowest BCUT2D eigenvalue weighted by Crippen LogP contribution is -2.15. The number of ether oxygens (including phenoxy) is 1. The number of nitriles is 1. The average Bonchev–Trinajstić information content (AvgIpc) is 2.47. The molecule has 21 heavy (non-hydrogen) atoms. The maximum Gasteiger partial charge on any atom is 0.327 e. The van der Waals surface area contributed by atoms with E-state index in [9.17, 15) is 0 Å². The predicted molar refractivity (Wildman–Crippen MR) is 79.5 cm³/mol. The molecular weight excluding hydrogens is 266 g/mol. The molecule has 6 nitrogen and oxygen atoms in total. The van der Waals surface area contributed by atoms with Crippen molar-refractivity contribution in [1.29, 1.82) is 5.26 Å². The molecule has 0 radical (unpaired) electrons. The molecule has 2 aromatic rings. The molecule has 0 aliphatic carbocycles. The van der Waals surface area contributed by atoms with Crippen LogP contribution >= 0.6 is 0 Å². The minimum absolute atomic E-state index is 0.176. The van der Waals surface area contributed by atoms with E-state index in [0.29, 0.717) is 23.1 Å². The molecule has 0 unspecified atom stereocenters. The van der Waals surface area contributed by atoms with Crippen LogP contribution in [-0.4, -0.2) is 29.0 Å². The Morgan fingerprint density at radius 1 is 1.10 bits per heavy atom. The monoisotopic (exact) mass is 283 g/mol. The lowest BCUT2D eigenvalue weighted by Gasteiger charge is -2.14. The first-order valence-electron chi connectivity index (χ1n) is 6.61. The Hall–Kier alpha value is -2.68. The van der Waals surface area contributed by atoms with Crippen molar-refractivity contribution in [3.8, 4) is 17.8 Å². The fraction of sp³-hybridized carbons (Fsp3) is 0.333. The van der Waals surface area contributed by atoms with E-state index in [4.69, 9.17) is 10.00 Å². The second kappa shape index (κ2) is 6.18. The van der Waals surface area contributed by atoms with Gasteiger partial charge in [0.05, 0.1) is 11.6 Å². The van der Waals surface area contributed by atoms with Gasteiger partial charge in [0.15, 0.2) is 0 Å². The molecule has 0 saturated heterocycles. The molecule has 1 aromatic carbocycles. The molecule has 0 amide bonds. The zero-order valence-electron chi connectivity index (χ0n) is 12.5. The van der Waals surface area contributed by atoms with Gasteiger partial charge < -0.3 is 9.64 Å². The highest BCUT2D eigenvalue weighted by molar-refractivity contribution is 5.36. The first kappa shape index (κ1) is 14.7. The smallest absolute Gasteiger partial charge is 0.327 e. The standard InChI is InChI=1S/C15H17N5O/c1-10(2)13-17-14(20(3)4)19-15(18-13)21-12-7-5-11(9-16)6-8-12/h5-8,10H,1-4H3. The summed E-state index contributed by atoms with van der Waals surface area (Å²) in [4.78, 5) is 14.8. The molecule has 1 aromatic heterocycles. The number of hydrogen-bond acceptors (Lipinski definition) is 6. The molecule has 0 aliphatic rings. The van der Waals surface area contributed by atoms with Crippen LogP contribution in [0.5, 0.6) is 11.8 Å². The molecule has 0 spiro atoms. The molecule has 2 rings (SSSR count). The van der Waals surface area contributed by atoms with Gasteiger partial charge in [-0.05, 0) is 24.3 Å². The normalized spacial score (nSPS) is 10.3. The van der Waals surface area contributed by atoms with E-state index < -0.39 is 0 Å². The van der Waals surface area contributed by atoms with Crippen LogP contribution < -0.4 is 9.64 Å². The van der Waals surface area contributed by atoms with E-state index in [2.05, 4.69) is 21.0 Å². The van der Waals surface area contributed by atoms with Crippen molar-refractivity contribution >= 4 is 5.95 Å². The summed E-state index contributed by atoms with van der Waals surface area (Å²) in [5.41, 5.74) is 0.579. The summed E-state index contributed by atoms with van der Waals surface area (Å²) in [5, 5.41) is 8.78. The molecule has 6 heteroatoms. The van der Waals surface area contributed by atoms with E-state index in [1.807, 2.05) is 27.9 Å². The Bertz CT molecular complexity index is 633. The van der Waals surface area contributed by atoms with Crippen LogP contribution in [0, 0.1) is 11.3 Å². The van der Waals surface area contributed by atoms with Crippen molar-refractivity contribution < 1.29 is 4.74 Å². The fourth-order valence-corrected chi connectivity index (χ4v) is 1.57. The first-order chi connectivity index (χ1) is 9.99. The number of aromatic nitrogens is 3. The van der Waals surface area contributed by atoms with E-state index in [1.54, 1.807) is 29.2 Å². The van der Waals surface area contributed by atoms with Crippen molar-refractivity contribution in [1.82, 2.24) is 15.0 Å². The summed E-state index contributed by atoms with van der Waals surface area (Å²) < 4.78 is 5.66. The van der Waals surface area contributed by atoms with Crippen molar-refractivity contribution in [2.24, 2.45) is 0 Å². The van der Waals surface area contributed by atoms with Crippen LogP contribution in [0.1, 0.15) is 31.2 Å². The van der Waals surface area contributed by atoms with Crippen molar-refractivity contribution in [2.45, 2.75) is 19.8 Å². The first-order valence-corrected chi connectivity index (χ1v) is 6.61. The van der Waals surface area contributed by atoms with Crippen molar-refractivity contribution in [3.63, 3.8) is 0 Å². The van der Waals surface area contributed by atoms with Gasteiger partial charge in [0, 0.05) is 20.0 Å². The molecule has 0 bridgehead atoms. The molecular formula is C15H17N5O. The quantitative estimate of drug-likeness (QED) is 0.858. The summed E-state index contributed by atoms with van der Waals surface area (Å²) in [6.07, 6.45) is 0. The fourth-order valence-electron chi connectivity index (χ4n) is 1.57. The van der Waals surface area contributed by atoms with Crippen LogP contribution in [0.15, 0.2) is 24.3 Å². The summed E-state index contributed by atoms with van der Waals surface area (Å²) in [6.45, 7) is 4.03. The second-order valence-electron chi connectivity index (χ2n) is 5.06. The molecule has 1 heterocycles. The summed E-state index contributed by atoms with van der Waals surface area (Å²) in [5.74, 6) is 1.99. The lowest BCUT2D eigenvalue weighted by atomic mass is 10.2. The van der Waals surface area contributed by atoms with E-state index in [0.717, 1.165) is 0 Å². The molecule has 0 saturated carbocycles. The third kappa shape index (κ3) is 3.66. The molecule has 0 aliphatic heterocycles. The average molecular weight is 283 g/mol. The van der Waals surface area contributed by atoms with Gasteiger partial charge in [-0.3, -0.25) is 0 Å². The third-order valence-corrected chi connectivity index (χ3v) is 2.73. The van der Waals surface area contributed by atoms with Crippen LogP contribution in [0.3, 0.4) is 0 Å². The topological polar surface area (TPSA) is 74.9 Å². The maximum atomic E-state index is 8.78. The Balaban J connectivity index is 2.31. The Morgan fingerprint density at radius 2 is 1.76 bits per heavy atom. The third-order valence-electron chi connectivity index (χ3n) is 2.73. The number of benzene rings is 1. The minimum Gasteiger partial charge on any atom is -0.424 e. The van der Waals surface area contributed by atoms with Crippen molar-refractivity contribution in [3.05, 3.63) is 35.7 Å². The minimum atomic E-state index is 0.176. The highest BCUT2D eigenvalue weighted by Crippen LogP contribution is 2.21. The van der Waals surface area contributed by atoms with Crippen LogP contribution in [-0.2, 0) is 0 Å². The Morgan fingerprint density at radius 3 is 2.29 bits per heavy atom. The number of hydrogen-bond donors (Lipinski definition) is 0. The zero-order chi connectivity index (χ0) is 15.4. The molecule has 0 fully saturated rings. The number of anilines is 1. The van der Waals surface area contributed by atoms with Gasteiger partial charge in [0.25, 0.3) is 0 Å². The lowest BCUT2D eigenvalue weighted by molar-refractivity contribution is 0.434. The number of rotatable bonds is 4. The maximum absolute atomic E-state index is 8.78. The van der Waals surface area contributed by atoms with Gasteiger partial charge in [-0.1, -0.05) is 13.8 Å². The zero-order valence-corrected chi connectivity index (χ0v) is 12.5. The SMILES string of the molecule is CC(C)c1nc(Oc2ccc(C#N)cc2)nc(N(C)C)n1. The molecule has 108 valence electrons. The van der Waals surface area contributed by atoms with Gasteiger partial charge in [-0.15, -0.1) is 0 Å². The highest BCUT2D eigenvalue weighted by Gasteiger charge is 2.12. The summed E-state index contributed by atoms with van der Waals surface area (Å²) >= 11 is 0. The summed E-state index contributed by atoms with van der Waals surface area (Å²) in [7, 11) is 3.73. The van der Waals surface area contributed by atoms with E-state index >= 15 is 0 Å². The molecule has 0 atom stereocenters. The van der Waals surface area contributed by atoms with E-state index in [-0.39, 0.29) is 11.9 Å². The predicted octanol–water partition coefficient (Wildman–Crippen LogP) is 2.72. The van der Waals surface area contributed by atoms with Crippen LogP contribution in [0.4, 0.5) is 5.95 Å². The van der Waals surface area contributed by atoms with Crippen molar-refractivity contribution in [2.75, 3.05) is 19.0 Å². The van der Waals surface area contributed by atoms with Crippen LogP contribution in [0.2, 0.25) is 0 Å². The van der Waals surface area contributed by atoms with Crippen LogP contribution in [0.25, 0.3) is 0 Å². The highest BCUT2D eigenvalue weighted by atomic mass is 16.5. The number of nitrogens with zero attached hydrogens (tertiary/aromatic N) is 5. The second-order valence-corrected chi connectivity index (χ2v) is 5.06. The van der Waals surface area contributed by atoms with Gasteiger partial charge in [-0.25, -0.2) is 0 Å². The van der Waals surface area contributed by atoms with Gasteiger partial charge in [-0.2, -0.15) is 20.2 Å². The Kier molecular flexibility index (Phi) is 4.33. The van der Waals surface area contributed by atoms with Gasteiger partial charge >= 0.3 is 6.01 Å². The van der Waals surface area contributed by atoms with Gasteiger partial charge in [0.2, 0.25) is 5.95 Å². The molecule has 0 N–H and O–H groups in total. The Labute approximate surface area is 124 Å². The van der Waals surface area contributed by atoms with Gasteiger partial charge in [0.1, 0.15) is 11.6 Å². The van der Waals surface area contributed by atoms with E-state index in [1.165, 1.54) is 0 Å². The largest absolute Gasteiger partial charge is 0.424 e. The summed E-state index contributed by atoms with van der Waals surface area (Å²) in [6, 6.07) is 9.12.